The van der Waals surface area contributed by atoms with Crippen molar-refractivity contribution in [2.75, 3.05) is 7.11 Å². The number of hydrogen-bond donors (Lipinski definition) is 0. The zero-order valence-corrected chi connectivity index (χ0v) is 9.09. The van der Waals surface area contributed by atoms with E-state index >= 15 is 0 Å². The molecule has 0 unspecified atom stereocenters. The Morgan fingerprint density at radius 3 is 2.42 bits per heavy atom. The van der Waals surface area contributed by atoms with Gasteiger partial charge in [-0.2, -0.15) is 0 Å². The van der Waals surface area contributed by atoms with E-state index in [4.69, 9.17) is 4.43 Å². The minimum atomic E-state index is -1.47. The van der Waals surface area contributed by atoms with Gasteiger partial charge in [-0.3, -0.25) is 4.79 Å². The molecule has 0 saturated heterocycles. The number of carbonyl (C=O) groups excluding carboxylic acids is 1. The molecule has 1 rings (SSSR count). The van der Waals surface area contributed by atoms with Gasteiger partial charge < -0.3 is 9.16 Å². The molecule has 1 aliphatic carbocycles. The van der Waals surface area contributed by atoms with E-state index in [0.29, 0.717) is 0 Å². The Bertz CT molecular complexity index is 185. The number of rotatable bonds is 3. The molecule has 0 heterocycles. The Kier molecular flexibility index (Phi) is 2.58. The van der Waals surface area contributed by atoms with E-state index in [0.717, 1.165) is 6.42 Å². The van der Waals surface area contributed by atoms with Crippen molar-refractivity contribution in [1.29, 1.82) is 0 Å². The molecular weight excluding hydrogens is 172 g/mol. The van der Waals surface area contributed by atoms with Crippen molar-refractivity contribution in [3.05, 3.63) is 0 Å². The van der Waals surface area contributed by atoms with Crippen LogP contribution >= 0.6 is 0 Å². The van der Waals surface area contributed by atoms with Crippen LogP contribution in [0.5, 0.6) is 0 Å². The summed E-state index contributed by atoms with van der Waals surface area (Å²) in [6.45, 7) is 6.37. The van der Waals surface area contributed by atoms with Crippen molar-refractivity contribution < 1.29 is 14.0 Å². The molecule has 0 bridgehead atoms. The quantitative estimate of drug-likeness (QED) is 0.496. The van der Waals surface area contributed by atoms with Crippen molar-refractivity contribution in [2.45, 2.75) is 32.2 Å². The van der Waals surface area contributed by atoms with Gasteiger partial charge in [-0.1, -0.05) is 0 Å². The Hall–Kier alpha value is -0.353. The molecule has 0 radical (unpaired) electrons. The maximum absolute atomic E-state index is 11.0. The highest BCUT2D eigenvalue weighted by molar-refractivity contribution is 6.69. The van der Waals surface area contributed by atoms with Crippen LogP contribution in [-0.2, 0) is 14.0 Å². The highest BCUT2D eigenvalue weighted by Gasteiger charge is 2.46. The Morgan fingerprint density at radius 1 is 1.42 bits per heavy atom. The van der Waals surface area contributed by atoms with Crippen LogP contribution in [0.15, 0.2) is 0 Å². The van der Waals surface area contributed by atoms with Gasteiger partial charge in [0.2, 0.25) is 0 Å². The average Bonchev–Trinajstić information content (AvgIpc) is 2.62. The molecule has 0 aliphatic heterocycles. The van der Waals surface area contributed by atoms with Crippen LogP contribution in [0.2, 0.25) is 19.6 Å². The van der Waals surface area contributed by atoms with Gasteiger partial charge in [-0.15, -0.1) is 0 Å². The molecule has 12 heavy (non-hydrogen) atoms. The molecule has 0 aromatic carbocycles. The van der Waals surface area contributed by atoms with E-state index in [-0.39, 0.29) is 18.0 Å². The van der Waals surface area contributed by atoms with Gasteiger partial charge in [0.05, 0.1) is 19.1 Å². The second-order valence-corrected chi connectivity index (χ2v) is 8.59. The summed E-state index contributed by atoms with van der Waals surface area (Å²) in [5, 5.41) is 0. The first-order valence-corrected chi connectivity index (χ1v) is 7.60. The van der Waals surface area contributed by atoms with E-state index in [1.165, 1.54) is 7.11 Å². The third-order valence-electron chi connectivity index (χ3n) is 1.74. The number of hydrogen-bond acceptors (Lipinski definition) is 3. The molecule has 0 amide bonds. The second kappa shape index (κ2) is 3.18. The molecule has 3 nitrogen and oxygen atoms in total. The topological polar surface area (TPSA) is 35.5 Å². The lowest BCUT2D eigenvalue weighted by atomic mass is 10.4. The number of ether oxygens (including phenoxy) is 1. The SMILES string of the molecule is COC(=O)[C@H]1C[C@H]1O[Si](C)(C)C. The van der Waals surface area contributed by atoms with Crippen molar-refractivity contribution >= 4 is 14.3 Å². The molecule has 0 spiro atoms. The van der Waals surface area contributed by atoms with E-state index in [2.05, 4.69) is 24.4 Å². The molecule has 1 fully saturated rings. The van der Waals surface area contributed by atoms with Gasteiger partial charge in [-0.25, -0.2) is 0 Å². The predicted octanol–water partition coefficient (Wildman–Crippen LogP) is 1.40. The summed E-state index contributed by atoms with van der Waals surface area (Å²) in [5.74, 6) is -0.111. The number of methoxy groups -OCH3 is 1. The Morgan fingerprint density at radius 2 is 2.00 bits per heavy atom. The summed E-state index contributed by atoms with van der Waals surface area (Å²) >= 11 is 0. The normalized spacial score (nSPS) is 28.3. The lowest BCUT2D eigenvalue weighted by molar-refractivity contribution is -0.142. The van der Waals surface area contributed by atoms with Crippen LogP contribution in [0, 0.1) is 5.92 Å². The fraction of sp³-hybridized carbons (Fsp3) is 0.875. The zero-order valence-electron chi connectivity index (χ0n) is 8.09. The summed E-state index contributed by atoms with van der Waals surface area (Å²) in [6.07, 6.45) is 0.987. The van der Waals surface area contributed by atoms with Gasteiger partial charge in [0.1, 0.15) is 0 Å². The summed E-state index contributed by atoms with van der Waals surface area (Å²) in [5.41, 5.74) is 0. The summed E-state index contributed by atoms with van der Waals surface area (Å²) in [4.78, 5) is 11.0. The first kappa shape index (κ1) is 9.73. The first-order valence-electron chi connectivity index (χ1n) is 4.19. The third kappa shape index (κ3) is 2.60. The van der Waals surface area contributed by atoms with Crippen LogP contribution in [-0.4, -0.2) is 27.5 Å². The molecule has 1 saturated carbocycles. The van der Waals surface area contributed by atoms with Gasteiger partial charge in [0, 0.05) is 0 Å². The minimum Gasteiger partial charge on any atom is -0.469 e. The monoisotopic (exact) mass is 188 g/mol. The summed E-state index contributed by atoms with van der Waals surface area (Å²) in [7, 11) is -0.0431. The highest BCUT2D eigenvalue weighted by atomic mass is 28.4. The maximum atomic E-state index is 11.0. The van der Waals surface area contributed by atoms with Crippen molar-refractivity contribution in [3.8, 4) is 0 Å². The number of carbonyl (C=O) groups is 1. The van der Waals surface area contributed by atoms with Crippen LogP contribution in [0.4, 0.5) is 0 Å². The van der Waals surface area contributed by atoms with Crippen LogP contribution < -0.4 is 0 Å². The molecule has 0 aromatic heterocycles. The Balaban J connectivity index is 2.29. The largest absolute Gasteiger partial charge is 0.469 e. The highest BCUT2D eigenvalue weighted by Crippen LogP contribution is 2.36. The molecule has 70 valence electrons. The minimum absolute atomic E-state index is 0.0155. The predicted molar refractivity (Wildman–Crippen MR) is 48.3 cm³/mol. The van der Waals surface area contributed by atoms with Crippen LogP contribution in [0.3, 0.4) is 0 Å². The summed E-state index contributed by atoms with van der Waals surface area (Å²) < 4.78 is 10.3. The molecule has 1 aliphatic rings. The smallest absolute Gasteiger partial charge is 0.311 e. The van der Waals surface area contributed by atoms with Crippen molar-refractivity contribution in [2.24, 2.45) is 5.92 Å². The van der Waals surface area contributed by atoms with Crippen molar-refractivity contribution in [1.82, 2.24) is 0 Å². The van der Waals surface area contributed by atoms with E-state index in [1.54, 1.807) is 0 Å². The van der Waals surface area contributed by atoms with Gasteiger partial charge in [0.15, 0.2) is 8.32 Å². The second-order valence-electron chi connectivity index (χ2n) is 4.13. The van der Waals surface area contributed by atoms with E-state index < -0.39 is 8.32 Å². The third-order valence-corrected chi connectivity index (χ3v) is 2.75. The van der Waals surface area contributed by atoms with E-state index in [9.17, 15) is 4.79 Å². The molecule has 0 aromatic rings. The standard InChI is InChI=1S/C8H16O3Si/c1-10-8(9)6-5-7(6)11-12(2,3)4/h6-7H,5H2,1-4H3/t6-,7+/m0/s1. The van der Waals surface area contributed by atoms with Gasteiger partial charge >= 0.3 is 5.97 Å². The maximum Gasteiger partial charge on any atom is 0.311 e. The average molecular weight is 188 g/mol. The molecule has 4 heteroatoms. The van der Waals surface area contributed by atoms with Crippen molar-refractivity contribution in [3.63, 3.8) is 0 Å². The lowest BCUT2D eigenvalue weighted by Crippen LogP contribution is -2.27. The molecular formula is C8H16O3Si. The molecule has 0 N–H and O–H groups in total. The fourth-order valence-corrected chi connectivity index (χ4v) is 2.32. The Labute approximate surface area is 74.2 Å². The van der Waals surface area contributed by atoms with Crippen LogP contribution in [0.1, 0.15) is 6.42 Å². The van der Waals surface area contributed by atoms with Crippen LogP contribution in [0.25, 0.3) is 0 Å². The summed E-state index contributed by atoms with van der Waals surface area (Å²) in [6, 6.07) is 0. The van der Waals surface area contributed by atoms with E-state index in [1.807, 2.05) is 0 Å². The fourth-order valence-electron chi connectivity index (χ4n) is 1.16. The first-order chi connectivity index (χ1) is 5.44. The van der Waals surface area contributed by atoms with Gasteiger partial charge in [-0.05, 0) is 26.1 Å². The van der Waals surface area contributed by atoms with Gasteiger partial charge in [0.25, 0.3) is 0 Å². The number of esters is 1. The zero-order chi connectivity index (χ0) is 9.35. The molecule has 2 atom stereocenters. The lowest BCUT2D eigenvalue weighted by Gasteiger charge is -2.16.